The van der Waals surface area contributed by atoms with Gasteiger partial charge in [-0.15, -0.1) is 0 Å². The molecule has 4 nitrogen and oxygen atoms in total. The van der Waals surface area contributed by atoms with Gasteiger partial charge in [-0.25, -0.2) is 0 Å². The topological polar surface area (TPSA) is 39.7 Å². The largest absolute Gasteiger partial charge is 0.495 e. The zero-order valence-electron chi connectivity index (χ0n) is 12.3. The number of anilines is 1. The van der Waals surface area contributed by atoms with Gasteiger partial charge in [-0.2, -0.15) is 0 Å². The highest BCUT2D eigenvalue weighted by Crippen LogP contribution is 2.34. The number of hydrogen-bond donors (Lipinski definition) is 1. The van der Waals surface area contributed by atoms with Gasteiger partial charge >= 0.3 is 0 Å². The van der Waals surface area contributed by atoms with E-state index in [9.17, 15) is 0 Å². The highest BCUT2D eigenvalue weighted by Gasteiger charge is 2.15. The Morgan fingerprint density at radius 3 is 2.86 bits per heavy atom. The molecule has 2 aromatic carbocycles. The van der Waals surface area contributed by atoms with Crippen LogP contribution in [0.2, 0.25) is 0 Å². The fourth-order valence-electron chi connectivity index (χ4n) is 2.41. The molecule has 1 N–H and O–H groups in total. The van der Waals surface area contributed by atoms with E-state index in [4.69, 9.17) is 14.2 Å². The Hall–Kier alpha value is -2.36. The maximum absolute atomic E-state index is 5.72. The number of para-hydroxylation sites is 1. The van der Waals surface area contributed by atoms with E-state index in [2.05, 4.69) is 11.4 Å². The monoisotopic (exact) mass is 285 g/mol. The molecular weight excluding hydrogens is 266 g/mol. The first-order valence-corrected chi connectivity index (χ1v) is 7.04. The van der Waals surface area contributed by atoms with E-state index >= 15 is 0 Å². The predicted octanol–water partition coefficient (Wildman–Crippen LogP) is 3.39. The van der Waals surface area contributed by atoms with E-state index in [-0.39, 0.29) is 0 Å². The van der Waals surface area contributed by atoms with Crippen LogP contribution in [0, 0.1) is 6.92 Å². The summed E-state index contributed by atoms with van der Waals surface area (Å²) >= 11 is 0. The molecule has 0 amide bonds. The number of benzene rings is 2. The number of aryl methyl sites for hydroxylation is 1. The van der Waals surface area contributed by atoms with Crippen molar-refractivity contribution in [3.8, 4) is 17.2 Å². The van der Waals surface area contributed by atoms with Crippen LogP contribution in [0.25, 0.3) is 0 Å². The third-order valence-corrected chi connectivity index (χ3v) is 3.47. The fourth-order valence-corrected chi connectivity index (χ4v) is 2.41. The molecule has 0 radical (unpaired) electrons. The minimum Gasteiger partial charge on any atom is -0.495 e. The van der Waals surface area contributed by atoms with Crippen molar-refractivity contribution in [1.82, 2.24) is 0 Å². The molecule has 0 aromatic heterocycles. The summed E-state index contributed by atoms with van der Waals surface area (Å²) in [5, 5.41) is 3.40. The van der Waals surface area contributed by atoms with Gasteiger partial charge in [-0.3, -0.25) is 0 Å². The van der Waals surface area contributed by atoms with Crippen molar-refractivity contribution in [1.29, 1.82) is 0 Å². The first-order chi connectivity index (χ1) is 10.3. The van der Waals surface area contributed by atoms with Crippen LogP contribution in [0.1, 0.15) is 11.1 Å². The number of rotatable bonds is 4. The number of methoxy groups -OCH3 is 1. The van der Waals surface area contributed by atoms with Gasteiger partial charge in [0, 0.05) is 12.1 Å². The van der Waals surface area contributed by atoms with Gasteiger partial charge in [-0.05, 0) is 30.7 Å². The average molecular weight is 285 g/mol. The number of hydrogen-bond acceptors (Lipinski definition) is 4. The fraction of sp³-hybridized carbons (Fsp3) is 0.294. The van der Waals surface area contributed by atoms with Crippen molar-refractivity contribution in [2.75, 3.05) is 25.6 Å². The molecule has 0 spiro atoms. The van der Waals surface area contributed by atoms with Gasteiger partial charge in [0.2, 0.25) is 0 Å². The van der Waals surface area contributed by atoms with E-state index in [1.54, 1.807) is 7.11 Å². The third kappa shape index (κ3) is 2.89. The molecule has 21 heavy (non-hydrogen) atoms. The summed E-state index contributed by atoms with van der Waals surface area (Å²) in [6, 6.07) is 12.1. The van der Waals surface area contributed by atoms with Crippen LogP contribution < -0.4 is 19.5 Å². The third-order valence-electron chi connectivity index (χ3n) is 3.47. The molecule has 0 unspecified atom stereocenters. The lowest BCUT2D eigenvalue weighted by molar-refractivity contribution is 0.170. The Morgan fingerprint density at radius 1 is 1.14 bits per heavy atom. The van der Waals surface area contributed by atoms with Crippen molar-refractivity contribution < 1.29 is 14.2 Å². The van der Waals surface area contributed by atoms with Crippen molar-refractivity contribution in [3.05, 3.63) is 47.5 Å². The van der Waals surface area contributed by atoms with Crippen molar-refractivity contribution in [2.24, 2.45) is 0 Å². The van der Waals surface area contributed by atoms with Gasteiger partial charge in [0.05, 0.1) is 12.8 Å². The molecule has 110 valence electrons. The van der Waals surface area contributed by atoms with Gasteiger partial charge < -0.3 is 19.5 Å². The second-order valence-electron chi connectivity index (χ2n) is 5.00. The van der Waals surface area contributed by atoms with E-state index in [1.165, 1.54) is 5.56 Å². The molecule has 1 heterocycles. The van der Waals surface area contributed by atoms with Gasteiger partial charge in [-0.1, -0.05) is 18.2 Å². The Labute approximate surface area is 124 Å². The minimum atomic E-state index is 0.595. The van der Waals surface area contributed by atoms with E-state index in [0.717, 1.165) is 28.5 Å². The summed E-state index contributed by atoms with van der Waals surface area (Å²) in [4.78, 5) is 0. The molecular formula is C17H19NO3. The Morgan fingerprint density at radius 2 is 2.00 bits per heavy atom. The van der Waals surface area contributed by atoms with Crippen LogP contribution in [-0.4, -0.2) is 20.3 Å². The molecule has 0 saturated heterocycles. The SMILES string of the molecule is COc1cc(C)ccc1NCc1cccc2c1OCCO2. The quantitative estimate of drug-likeness (QED) is 0.934. The summed E-state index contributed by atoms with van der Waals surface area (Å²) in [6.45, 7) is 3.91. The van der Waals surface area contributed by atoms with Crippen LogP contribution in [-0.2, 0) is 6.54 Å². The normalized spacial score (nSPS) is 12.9. The van der Waals surface area contributed by atoms with Crippen LogP contribution in [0.3, 0.4) is 0 Å². The molecule has 0 aliphatic carbocycles. The predicted molar refractivity (Wildman–Crippen MR) is 82.5 cm³/mol. The van der Waals surface area contributed by atoms with Crippen LogP contribution in [0.4, 0.5) is 5.69 Å². The second-order valence-corrected chi connectivity index (χ2v) is 5.00. The lowest BCUT2D eigenvalue weighted by Crippen LogP contribution is -2.17. The first kappa shape index (κ1) is 13.6. The smallest absolute Gasteiger partial charge is 0.166 e. The molecule has 0 saturated carbocycles. The molecule has 4 heteroatoms. The summed E-state index contributed by atoms with van der Waals surface area (Å²) in [7, 11) is 1.68. The van der Waals surface area contributed by atoms with Gasteiger partial charge in [0.15, 0.2) is 11.5 Å². The van der Waals surface area contributed by atoms with Crippen LogP contribution in [0.5, 0.6) is 17.2 Å². The number of fused-ring (bicyclic) bond motifs is 1. The van der Waals surface area contributed by atoms with Crippen molar-refractivity contribution in [3.63, 3.8) is 0 Å². The second kappa shape index (κ2) is 5.95. The molecule has 0 fully saturated rings. The summed E-state index contributed by atoms with van der Waals surface area (Å²) < 4.78 is 16.7. The lowest BCUT2D eigenvalue weighted by atomic mass is 10.1. The summed E-state index contributed by atoms with van der Waals surface area (Å²) in [5.41, 5.74) is 3.22. The molecule has 0 bridgehead atoms. The zero-order chi connectivity index (χ0) is 14.7. The Balaban J connectivity index is 1.79. The molecule has 2 aromatic rings. The Kier molecular flexibility index (Phi) is 3.86. The van der Waals surface area contributed by atoms with Crippen LogP contribution >= 0.6 is 0 Å². The van der Waals surface area contributed by atoms with Crippen molar-refractivity contribution in [2.45, 2.75) is 13.5 Å². The average Bonchev–Trinajstić information content (AvgIpc) is 2.53. The number of nitrogens with one attached hydrogen (secondary N) is 1. The highest BCUT2D eigenvalue weighted by molar-refractivity contribution is 5.58. The van der Waals surface area contributed by atoms with Gasteiger partial charge in [0.1, 0.15) is 19.0 Å². The molecule has 0 atom stereocenters. The number of ether oxygens (including phenoxy) is 3. The van der Waals surface area contributed by atoms with E-state index in [1.807, 2.05) is 37.3 Å². The van der Waals surface area contributed by atoms with Gasteiger partial charge in [0.25, 0.3) is 0 Å². The first-order valence-electron chi connectivity index (χ1n) is 7.04. The lowest BCUT2D eigenvalue weighted by Gasteiger charge is -2.21. The van der Waals surface area contributed by atoms with E-state index < -0.39 is 0 Å². The molecule has 1 aliphatic rings. The maximum Gasteiger partial charge on any atom is 0.166 e. The minimum absolute atomic E-state index is 0.595. The zero-order valence-corrected chi connectivity index (χ0v) is 12.3. The standard InChI is InChI=1S/C17H19NO3/c1-12-6-7-14(16(10-12)19-2)18-11-13-4-3-5-15-17(13)21-9-8-20-15/h3-7,10,18H,8-9,11H2,1-2H3. The maximum atomic E-state index is 5.72. The summed E-state index contributed by atoms with van der Waals surface area (Å²) in [6.07, 6.45) is 0. The molecule has 1 aliphatic heterocycles. The highest BCUT2D eigenvalue weighted by atomic mass is 16.6. The Bertz CT molecular complexity index is 640. The van der Waals surface area contributed by atoms with Crippen molar-refractivity contribution >= 4 is 5.69 Å². The molecule has 3 rings (SSSR count). The summed E-state index contributed by atoms with van der Waals surface area (Å²) in [5.74, 6) is 2.50. The van der Waals surface area contributed by atoms with E-state index in [0.29, 0.717) is 19.8 Å². The van der Waals surface area contributed by atoms with Crippen LogP contribution in [0.15, 0.2) is 36.4 Å².